The number of halogens is 6. The van der Waals surface area contributed by atoms with E-state index in [-0.39, 0.29) is 33.9 Å². The van der Waals surface area contributed by atoms with Crippen LogP contribution in [0.5, 0.6) is 5.75 Å². The fraction of sp³-hybridized carbons (Fsp3) is 0.391. The SMILES string of the molecule is CCC(NS(=O)(=O)c1ccc(-c2c(C#N)c3cc(F)c(OC(F)F)cc3n2C2CCC2)nc1)C(F)(F)F. The third-order valence-electron chi connectivity index (χ3n) is 6.21. The van der Waals surface area contributed by atoms with Gasteiger partial charge in [0.15, 0.2) is 11.6 Å². The highest BCUT2D eigenvalue weighted by Crippen LogP contribution is 2.43. The number of hydrogen-bond acceptors (Lipinski definition) is 5. The maximum atomic E-state index is 14.5. The van der Waals surface area contributed by atoms with Crippen LogP contribution < -0.4 is 9.46 Å². The molecule has 14 heteroatoms. The van der Waals surface area contributed by atoms with Gasteiger partial charge in [-0.2, -0.15) is 31.9 Å². The monoisotopic (exact) mass is 546 g/mol. The molecule has 0 bridgehead atoms. The van der Waals surface area contributed by atoms with Crippen LogP contribution in [0.2, 0.25) is 0 Å². The molecule has 0 spiro atoms. The lowest BCUT2D eigenvalue weighted by molar-refractivity contribution is -0.151. The average molecular weight is 546 g/mol. The molecule has 2 aromatic heterocycles. The molecule has 1 aromatic carbocycles. The second kappa shape index (κ2) is 9.86. The van der Waals surface area contributed by atoms with E-state index in [9.17, 15) is 40.0 Å². The highest BCUT2D eigenvalue weighted by molar-refractivity contribution is 7.89. The van der Waals surface area contributed by atoms with Gasteiger partial charge in [-0.3, -0.25) is 4.98 Å². The lowest BCUT2D eigenvalue weighted by Crippen LogP contribution is -2.44. The van der Waals surface area contributed by atoms with Gasteiger partial charge < -0.3 is 9.30 Å². The molecule has 198 valence electrons. The minimum absolute atomic E-state index is 0.0197. The van der Waals surface area contributed by atoms with Crippen molar-refractivity contribution in [3.63, 3.8) is 0 Å². The molecule has 7 nitrogen and oxygen atoms in total. The molecule has 0 amide bonds. The smallest absolute Gasteiger partial charge is 0.404 e. The predicted molar refractivity (Wildman–Crippen MR) is 120 cm³/mol. The zero-order chi connectivity index (χ0) is 27.1. The van der Waals surface area contributed by atoms with E-state index in [0.717, 1.165) is 30.8 Å². The first kappa shape index (κ1) is 26.7. The van der Waals surface area contributed by atoms with E-state index in [1.807, 2.05) is 6.07 Å². The number of alkyl halides is 5. The minimum Gasteiger partial charge on any atom is -0.432 e. The normalized spacial score (nSPS) is 15.5. The molecule has 1 aliphatic rings. The van der Waals surface area contributed by atoms with Crippen molar-refractivity contribution in [2.24, 2.45) is 0 Å². The van der Waals surface area contributed by atoms with Crippen LogP contribution >= 0.6 is 0 Å². The van der Waals surface area contributed by atoms with Crippen LogP contribution in [0.1, 0.15) is 44.2 Å². The number of aromatic nitrogens is 2. The van der Waals surface area contributed by atoms with Crippen LogP contribution in [0.3, 0.4) is 0 Å². The number of nitrogens with zero attached hydrogens (tertiary/aromatic N) is 3. The van der Waals surface area contributed by atoms with Crippen LogP contribution in [-0.2, 0) is 10.0 Å². The predicted octanol–water partition coefficient (Wildman–Crippen LogP) is 5.66. The number of pyridine rings is 1. The fourth-order valence-electron chi connectivity index (χ4n) is 4.20. The number of nitriles is 1. The molecular weight excluding hydrogens is 526 g/mol. The Kier molecular flexibility index (Phi) is 7.13. The zero-order valence-corrected chi connectivity index (χ0v) is 20.0. The Morgan fingerprint density at radius 3 is 2.46 bits per heavy atom. The van der Waals surface area contributed by atoms with Crippen molar-refractivity contribution in [1.82, 2.24) is 14.3 Å². The second-order valence-electron chi connectivity index (χ2n) is 8.47. The van der Waals surface area contributed by atoms with E-state index < -0.39 is 51.7 Å². The number of nitrogens with one attached hydrogen (secondary N) is 1. The molecule has 1 unspecified atom stereocenters. The van der Waals surface area contributed by atoms with Crippen molar-refractivity contribution in [3.05, 3.63) is 41.8 Å². The van der Waals surface area contributed by atoms with Crippen molar-refractivity contribution in [3.8, 4) is 23.2 Å². The maximum absolute atomic E-state index is 14.5. The highest BCUT2D eigenvalue weighted by atomic mass is 32.2. The van der Waals surface area contributed by atoms with Crippen molar-refractivity contribution in [2.45, 2.75) is 62.4 Å². The van der Waals surface area contributed by atoms with Gasteiger partial charge in [-0.25, -0.2) is 12.8 Å². The van der Waals surface area contributed by atoms with Gasteiger partial charge in [0.2, 0.25) is 10.0 Å². The molecule has 1 fully saturated rings. The minimum atomic E-state index is -4.79. The third kappa shape index (κ3) is 5.10. The summed E-state index contributed by atoms with van der Waals surface area (Å²) in [6.45, 7) is -2.09. The quantitative estimate of drug-likeness (QED) is 0.368. The number of sulfonamides is 1. The summed E-state index contributed by atoms with van der Waals surface area (Å²) in [6, 6.07) is 3.76. The Hall–Kier alpha value is -3.31. The zero-order valence-electron chi connectivity index (χ0n) is 19.2. The number of benzene rings is 1. The van der Waals surface area contributed by atoms with Crippen molar-refractivity contribution < 1.29 is 39.5 Å². The summed E-state index contributed by atoms with van der Waals surface area (Å²) < 4.78 is 112. The lowest BCUT2D eigenvalue weighted by atomic mass is 9.92. The summed E-state index contributed by atoms with van der Waals surface area (Å²) in [7, 11) is -4.58. The second-order valence-corrected chi connectivity index (χ2v) is 10.2. The van der Waals surface area contributed by atoms with Gasteiger partial charge in [-0.05, 0) is 43.9 Å². The van der Waals surface area contributed by atoms with Crippen LogP contribution in [0.4, 0.5) is 26.3 Å². The molecule has 1 saturated carbocycles. The number of fused-ring (bicyclic) bond motifs is 1. The Morgan fingerprint density at radius 1 is 1.27 bits per heavy atom. The van der Waals surface area contributed by atoms with Gasteiger partial charge in [0.25, 0.3) is 0 Å². The molecule has 2 heterocycles. The molecule has 0 saturated heterocycles. The average Bonchev–Trinajstić information content (AvgIpc) is 3.08. The standard InChI is InChI=1S/C23H20F6N4O3S/c1-2-20(23(27,28)29)32-37(34,35)13-6-7-17(31-11-13)21-15(10-30)14-8-16(24)19(36-22(25)26)9-18(14)33(21)12-4-3-5-12/h6-9,11-12,20,22,32H,2-5H2,1H3. The maximum Gasteiger partial charge on any atom is 0.404 e. The van der Waals surface area contributed by atoms with Crippen LogP contribution in [-0.4, -0.2) is 36.8 Å². The van der Waals surface area contributed by atoms with E-state index in [0.29, 0.717) is 12.8 Å². The van der Waals surface area contributed by atoms with Gasteiger partial charge in [-0.15, -0.1) is 0 Å². The molecule has 0 radical (unpaired) electrons. The summed E-state index contributed by atoms with van der Waals surface area (Å²) >= 11 is 0. The van der Waals surface area contributed by atoms with Crippen molar-refractivity contribution >= 4 is 20.9 Å². The van der Waals surface area contributed by atoms with E-state index in [1.165, 1.54) is 13.0 Å². The molecule has 0 aliphatic heterocycles. The summed E-state index contributed by atoms with van der Waals surface area (Å²) in [5, 5.41) is 10.0. The molecule has 4 rings (SSSR count). The van der Waals surface area contributed by atoms with Crippen molar-refractivity contribution in [2.75, 3.05) is 0 Å². The van der Waals surface area contributed by atoms with Crippen LogP contribution in [0.15, 0.2) is 35.4 Å². The number of hydrogen-bond donors (Lipinski definition) is 1. The summed E-state index contributed by atoms with van der Waals surface area (Å²) in [4.78, 5) is 3.57. The van der Waals surface area contributed by atoms with Gasteiger partial charge in [0, 0.05) is 23.7 Å². The lowest BCUT2D eigenvalue weighted by Gasteiger charge is -2.30. The first-order valence-electron chi connectivity index (χ1n) is 11.1. The van der Waals surface area contributed by atoms with Gasteiger partial charge in [0.1, 0.15) is 17.0 Å². The molecular formula is C23H20F6N4O3S. The Bertz CT molecular complexity index is 1460. The summed E-state index contributed by atoms with van der Waals surface area (Å²) in [5.74, 6) is -1.80. The van der Waals surface area contributed by atoms with Gasteiger partial charge in [-0.1, -0.05) is 6.92 Å². The largest absolute Gasteiger partial charge is 0.432 e. The summed E-state index contributed by atoms with van der Waals surface area (Å²) in [5.41, 5.74) is 0.533. The third-order valence-corrected chi connectivity index (χ3v) is 7.67. The molecule has 1 N–H and O–H groups in total. The van der Waals surface area contributed by atoms with Gasteiger partial charge >= 0.3 is 12.8 Å². The Balaban J connectivity index is 1.82. The van der Waals surface area contributed by atoms with Crippen LogP contribution in [0, 0.1) is 17.1 Å². The number of rotatable bonds is 8. The van der Waals surface area contributed by atoms with Crippen molar-refractivity contribution in [1.29, 1.82) is 5.26 Å². The molecule has 37 heavy (non-hydrogen) atoms. The Morgan fingerprint density at radius 2 is 1.97 bits per heavy atom. The van der Waals surface area contributed by atoms with E-state index in [1.54, 1.807) is 9.29 Å². The van der Waals surface area contributed by atoms with E-state index in [2.05, 4.69) is 9.72 Å². The topological polar surface area (TPSA) is 97.0 Å². The number of ether oxygens (including phenoxy) is 1. The first-order valence-corrected chi connectivity index (χ1v) is 12.6. The fourth-order valence-corrected chi connectivity index (χ4v) is 5.45. The van der Waals surface area contributed by atoms with E-state index in [4.69, 9.17) is 0 Å². The molecule has 3 aromatic rings. The van der Waals surface area contributed by atoms with Crippen LogP contribution in [0.25, 0.3) is 22.3 Å². The first-order chi connectivity index (χ1) is 17.4. The molecule has 1 atom stereocenters. The molecule has 1 aliphatic carbocycles. The Labute approximate surface area is 207 Å². The van der Waals surface area contributed by atoms with E-state index >= 15 is 0 Å². The highest BCUT2D eigenvalue weighted by Gasteiger charge is 2.41. The van der Waals surface area contributed by atoms with Gasteiger partial charge in [0.05, 0.1) is 22.5 Å². The summed E-state index contributed by atoms with van der Waals surface area (Å²) in [6.07, 6.45) is -2.25.